The van der Waals surface area contributed by atoms with E-state index in [9.17, 15) is 4.79 Å². The Morgan fingerprint density at radius 3 is 2.71 bits per heavy atom. The molecule has 0 fully saturated rings. The van der Waals surface area contributed by atoms with Crippen molar-refractivity contribution in [2.24, 2.45) is 0 Å². The third kappa shape index (κ3) is 4.45. The molecule has 2 rings (SSSR count). The van der Waals surface area contributed by atoms with Gasteiger partial charge in [-0.1, -0.05) is 29.3 Å². The third-order valence-corrected chi connectivity index (χ3v) is 4.99. The van der Waals surface area contributed by atoms with Crippen molar-refractivity contribution in [1.29, 1.82) is 0 Å². The molecule has 1 unspecified atom stereocenters. The van der Waals surface area contributed by atoms with Crippen LogP contribution in [0.4, 0.5) is 5.69 Å². The summed E-state index contributed by atoms with van der Waals surface area (Å²) in [6.07, 6.45) is 0. The monoisotopic (exact) mass is 342 g/mol. The Bertz CT molecular complexity index is 616. The summed E-state index contributed by atoms with van der Waals surface area (Å²) in [5.74, 6) is -0.0840. The first kappa shape index (κ1) is 16.3. The molecule has 1 aromatic heterocycles. The van der Waals surface area contributed by atoms with Crippen LogP contribution in [0, 0.1) is 0 Å². The smallest absolute Gasteiger partial charge is 0.238 e. The summed E-state index contributed by atoms with van der Waals surface area (Å²) in [6.45, 7) is 2.39. The van der Waals surface area contributed by atoms with E-state index >= 15 is 0 Å². The fourth-order valence-corrected chi connectivity index (χ4v) is 3.03. The molecule has 1 atom stereocenters. The van der Waals surface area contributed by atoms with Crippen LogP contribution < -0.4 is 5.32 Å². The van der Waals surface area contributed by atoms with Crippen molar-refractivity contribution in [3.63, 3.8) is 0 Å². The van der Waals surface area contributed by atoms with E-state index in [0.717, 1.165) is 0 Å². The topological polar surface area (TPSA) is 32.3 Å². The van der Waals surface area contributed by atoms with Gasteiger partial charge in [-0.05, 0) is 43.6 Å². The zero-order valence-electron chi connectivity index (χ0n) is 11.8. The van der Waals surface area contributed by atoms with Gasteiger partial charge < -0.3 is 5.32 Å². The van der Waals surface area contributed by atoms with Gasteiger partial charge >= 0.3 is 0 Å². The SMILES string of the molecule is CC(c1cccs1)N(C)CC(=O)Nc1ccc(Cl)c(Cl)c1. The van der Waals surface area contributed by atoms with Gasteiger partial charge in [0.1, 0.15) is 0 Å². The molecule has 1 amide bonds. The second kappa shape index (κ2) is 7.27. The number of carbonyl (C=O) groups is 1. The van der Waals surface area contributed by atoms with Crippen molar-refractivity contribution in [2.45, 2.75) is 13.0 Å². The Balaban J connectivity index is 1.93. The summed E-state index contributed by atoms with van der Waals surface area (Å²) < 4.78 is 0. The van der Waals surface area contributed by atoms with E-state index in [4.69, 9.17) is 23.2 Å². The molecule has 0 aliphatic heterocycles. The number of likely N-dealkylation sites (N-methyl/N-ethyl adjacent to an activating group) is 1. The van der Waals surface area contributed by atoms with Gasteiger partial charge in [0.2, 0.25) is 5.91 Å². The lowest BCUT2D eigenvalue weighted by molar-refractivity contribution is -0.117. The number of amides is 1. The van der Waals surface area contributed by atoms with Gasteiger partial charge in [-0.3, -0.25) is 9.69 Å². The van der Waals surface area contributed by atoms with Crippen LogP contribution in [0.25, 0.3) is 0 Å². The first-order chi connectivity index (χ1) is 9.97. The summed E-state index contributed by atoms with van der Waals surface area (Å²) in [5, 5.41) is 5.75. The van der Waals surface area contributed by atoms with Crippen LogP contribution in [0.2, 0.25) is 10.0 Å². The number of nitrogens with zero attached hydrogens (tertiary/aromatic N) is 1. The van der Waals surface area contributed by atoms with E-state index in [1.54, 1.807) is 29.5 Å². The predicted molar refractivity (Wildman–Crippen MR) is 90.5 cm³/mol. The summed E-state index contributed by atoms with van der Waals surface area (Å²) >= 11 is 13.5. The number of hydrogen-bond acceptors (Lipinski definition) is 3. The van der Waals surface area contributed by atoms with Gasteiger partial charge in [-0.25, -0.2) is 0 Å². The standard InChI is InChI=1S/C15H16Cl2N2OS/c1-10(14-4-3-7-21-14)19(2)9-15(20)18-11-5-6-12(16)13(17)8-11/h3-8,10H,9H2,1-2H3,(H,18,20). The lowest BCUT2D eigenvalue weighted by Crippen LogP contribution is -2.31. The van der Waals surface area contributed by atoms with Crippen molar-refractivity contribution in [1.82, 2.24) is 4.90 Å². The van der Waals surface area contributed by atoms with Crippen molar-refractivity contribution in [2.75, 3.05) is 18.9 Å². The highest BCUT2D eigenvalue weighted by atomic mass is 35.5. The average molecular weight is 343 g/mol. The molecule has 0 radical (unpaired) electrons. The predicted octanol–water partition coefficient (Wildman–Crippen LogP) is 4.69. The second-order valence-corrected chi connectivity index (χ2v) is 6.58. The Hall–Kier alpha value is -1.07. The van der Waals surface area contributed by atoms with Gasteiger partial charge in [0, 0.05) is 16.6 Å². The number of rotatable bonds is 5. The normalized spacial score (nSPS) is 12.4. The number of halogens is 2. The number of nitrogens with one attached hydrogen (secondary N) is 1. The van der Waals surface area contributed by atoms with Crippen LogP contribution in [0.3, 0.4) is 0 Å². The molecule has 2 aromatic rings. The minimum atomic E-state index is -0.0840. The number of hydrogen-bond donors (Lipinski definition) is 1. The largest absolute Gasteiger partial charge is 0.325 e. The molecular weight excluding hydrogens is 327 g/mol. The van der Waals surface area contributed by atoms with Crippen LogP contribution in [0.5, 0.6) is 0 Å². The lowest BCUT2D eigenvalue weighted by atomic mass is 10.2. The van der Waals surface area contributed by atoms with Crippen molar-refractivity contribution >= 4 is 46.1 Å². The van der Waals surface area contributed by atoms with Crippen molar-refractivity contribution in [3.05, 3.63) is 50.6 Å². The lowest BCUT2D eigenvalue weighted by Gasteiger charge is -2.23. The number of benzene rings is 1. The van der Waals surface area contributed by atoms with Gasteiger partial charge in [-0.2, -0.15) is 0 Å². The first-order valence-corrected chi connectivity index (χ1v) is 8.09. The first-order valence-electron chi connectivity index (χ1n) is 6.46. The highest BCUT2D eigenvalue weighted by molar-refractivity contribution is 7.10. The van der Waals surface area contributed by atoms with Crippen LogP contribution in [-0.2, 0) is 4.79 Å². The zero-order chi connectivity index (χ0) is 15.4. The molecule has 0 saturated carbocycles. The van der Waals surface area contributed by atoms with E-state index in [2.05, 4.69) is 18.3 Å². The Kier molecular flexibility index (Phi) is 5.65. The van der Waals surface area contributed by atoms with Gasteiger partial charge in [0.15, 0.2) is 0 Å². The molecule has 112 valence electrons. The third-order valence-electron chi connectivity index (χ3n) is 3.21. The molecule has 0 aliphatic carbocycles. The zero-order valence-corrected chi connectivity index (χ0v) is 14.1. The fraction of sp³-hybridized carbons (Fsp3) is 0.267. The number of anilines is 1. The Labute approximate surface area is 138 Å². The average Bonchev–Trinajstić information content (AvgIpc) is 2.96. The summed E-state index contributed by atoms with van der Waals surface area (Å²) in [6, 6.07) is 9.32. The molecule has 1 N–H and O–H groups in total. The maximum absolute atomic E-state index is 12.1. The van der Waals surface area contributed by atoms with Crippen LogP contribution in [0.1, 0.15) is 17.8 Å². The van der Waals surface area contributed by atoms with Crippen LogP contribution in [0.15, 0.2) is 35.7 Å². The molecule has 0 spiro atoms. The van der Waals surface area contributed by atoms with E-state index in [0.29, 0.717) is 22.3 Å². The van der Waals surface area contributed by atoms with E-state index in [1.165, 1.54) is 4.88 Å². The molecule has 1 heterocycles. The van der Waals surface area contributed by atoms with E-state index in [1.807, 2.05) is 23.4 Å². The quantitative estimate of drug-likeness (QED) is 0.854. The molecule has 3 nitrogen and oxygen atoms in total. The van der Waals surface area contributed by atoms with Gasteiger partial charge in [-0.15, -0.1) is 11.3 Å². The van der Waals surface area contributed by atoms with Gasteiger partial charge in [0.25, 0.3) is 0 Å². The number of thiophene rings is 1. The van der Waals surface area contributed by atoms with Crippen molar-refractivity contribution in [3.8, 4) is 0 Å². The molecule has 21 heavy (non-hydrogen) atoms. The summed E-state index contributed by atoms with van der Waals surface area (Å²) in [4.78, 5) is 15.3. The van der Waals surface area contributed by atoms with Gasteiger partial charge in [0.05, 0.1) is 16.6 Å². The maximum atomic E-state index is 12.1. The van der Waals surface area contributed by atoms with Crippen molar-refractivity contribution < 1.29 is 4.79 Å². The minimum Gasteiger partial charge on any atom is -0.325 e. The summed E-state index contributed by atoms with van der Waals surface area (Å²) in [7, 11) is 1.93. The molecule has 0 saturated heterocycles. The fourth-order valence-electron chi connectivity index (χ4n) is 1.88. The molecule has 6 heteroatoms. The summed E-state index contributed by atoms with van der Waals surface area (Å²) in [5.41, 5.74) is 0.645. The maximum Gasteiger partial charge on any atom is 0.238 e. The Morgan fingerprint density at radius 1 is 1.33 bits per heavy atom. The highest BCUT2D eigenvalue weighted by Crippen LogP contribution is 2.25. The second-order valence-electron chi connectivity index (χ2n) is 4.78. The van der Waals surface area contributed by atoms with E-state index < -0.39 is 0 Å². The van der Waals surface area contributed by atoms with Crippen LogP contribution in [-0.4, -0.2) is 24.4 Å². The Morgan fingerprint density at radius 2 is 2.10 bits per heavy atom. The molecule has 1 aromatic carbocycles. The molecular formula is C15H16Cl2N2OS. The van der Waals surface area contributed by atoms with Crippen LogP contribution >= 0.6 is 34.5 Å². The molecule has 0 bridgehead atoms. The molecule has 0 aliphatic rings. The van der Waals surface area contributed by atoms with E-state index in [-0.39, 0.29) is 11.9 Å². The highest BCUT2D eigenvalue weighted by Gasteiger charge is 2.15. The minimum absolute atomic E-state index is 0.0840. The number of carbonyl (C=O) groups excluding carboxylic acids is 1.